The molecule has 0 aliphatic rings. The molecular weight excluding hydrogens is 374 g/mol. The summed E-state index contributed by atoms with van der Waals surface area (Å²) in [4.78, 5) is 4.71. The summed E-state index contributed by atoms with van der Waals surface area (Å²) < 4.78 is 13.6. The van der Waals surface area contributed by atoms with Crippen LogP contribution in [0.15, 0.2) is 40.9 Å². The number of aromatic nitrogens is 1. The van der Waals surface area contributed by atoms with Crippen LogP contribution in [-0.2, 0) is 0 Å². The molecule has 0 fully saturated rings. The Bertz CT molecular complexity index is 798. The van der Waals surface area contributed by atoms with Crippen molar-refractivity contribution in [1.29, 1.82) is 0 Å². The van der Waals surface area contributed by atoms with Crippen LogP contribution >= 0.6 is 27.3 Å². The van der Waals surface area contributed by atoms with Crippen molar-refractivity contribution in [3.8, 4) is 22.1 Å². The zero-order valence-corrected chi connectivity index (χ0v) is 15.7. The Morgan fingerprint density at radius 1 is 1.26 bits per heavy atom. The van der Waals surface area contributed by atoms with Crippen molar-refractivity contribution in [3.05, 3.63) is 40.9 Å². The predicted molar refractivity (Wildman–Crippen MR) is 99.7 cm³/mol. The zero-order chi connectivity index (χ0) is 16.4. The number of halogens is 1. The highest BCUT2D eigenvalue weighted by Gasteiger charge is 2.16. The van der Waals surface area contributed by atoms with Gasteiger partial charge in [-0.2, -0.15) is 0 Å². The first-order valence-corrected chi connectivity index (χ1v) is 9.13. The monoisotopic (exact) mass is 391 g/mol. The molecule has 1 aromatic heterocycles. The molecule has 1 heterocycles. The largest absolute Gasteiger partial charge is 0.493 e. The average molecular weight is 392 g/mol. The Labute approximate surface area is 148 Å². The normalized spacial score (nSPS) is 12.3. The fraction of sp³-hybridized carbons (Fsp3) is 0.278. The molecule has 120 valence electrons. The second kappa shape index (κ2) is 6.89. The second-order valence-corrected chi connectivity index (χ2v) is 7.20. The highest BCUT2D eigenvalue weighted by atomic mass is 79.9. The minimum atomic E-state index is 0.133. The predicted octanol–water partition coefficient (Wildman–Crippen LogP) is 5.91. The van der Waals surface area contributed by atoms with Gasteiger partial charge in [-0.3, -0.25) is 0 Å². The lowest BCUT2D eigenvalue weighted by atomic mass is 10.2. The molecule has 0 aliphatic heterocycles. The summed E-state index contributed by atoms with van der Waals surface area (Å²) in [6.07, 6.45) is 1.07. The van der Waals surface area contributed by atoms with Gasteiger partial charge < -0.3 is 9.47 Å². The number of nitrogens with zero attached hydrogens (tertiary/aromatic N) is 1. The van der Waals surface area contributed by atoms with Gasteiger partial charge in [0.1, 0.15) is 5.01 Å². The first-order valence-electron chi connectivity index (χ1n) is 7.52. The van der Waals surface area contributed by atoms with E-state index in [1.54, 1.807) is 18.4 Å². The molecule has 3 aromatic rings. The molecule has 0 saturated carbocycles. The first-order chi connectivity index (χ1) is 11.1. The lowest BCUT2D eigenvalue weighted by molar-refractivity contribution is 0.206. The first kappa shape index (κ1) is 16.3. The maximum absolute atomic E-state index is 5.98. The molecule has 5 heteroatoms. The fourth-order valence-electron chi connectivity index (χ4n) is 2.24. The van der Waals surface area contributed by atoms with Crippen LogP contribution in [0.3, 0.4) is 0 Å². The number of hydrogen-bond donors (Lipinski definition) is 0. The molecular formula is C18H18BrNO2S. The third kappa shape index (κ3) is 3.35. The number of fused-ring (bicyclic) bond motifs is 1. The van der Waals surface area contributed by atoms with E-state index in [4.69, 9.17) is 14.5 Å². The van der Waals surface area contributed by atoms with Crippen LogP contribution in [0.1, 0.15) is 20.3 Å². The van der Waals surface area contributed by atoms with Crippen LogP contribution in [0.5, 0.6) is 11.5 Å². The molecule has 0 bridgehead atoms. The molecule has 0 unspecified atom stereocenters. The van der Waals surface area contributed by atoms with E-state index in [1.165, 1.54) is 4.70 Å². The van der Waals surface area contributed by atoms with Crippen LogP contribution in [0.25, 0.3) is 20.8 Å². The molecule has 3 nitrogen and oxygen atoms in total. The van der Waals surface area contributed by atoms with Gasteiger partial charge in [0.05, 0.1) is 27.9 Å². The van der Waals surface area contributed by atoms with Gasteiger partial charge in [0.15, 0.2) is 11.5 Å². The van der Waals surface area contributed by atoms with E-state index < -0.39 is 0 Å². The summed E-state index contributed by atoms with van der Waals surface area (Å²) in [7, 11) is 1.66. The van der Waals surface area contributed by atoms with Gasteiger partial charge in [0.2, 0.25) is 0 Å². The van der Waals surface area contributed by atoms with E-state index >= 15 is 0 Å². The topological polar surface area (TPSA) is 31.4 Å². The van der Waals surface area contributed by atoms with Crippen LogP contribution in [0.4, 0.5) is 0 Å². The number of rotatable bonds is 5. The average Bonchev–Trinajstić information content (AvgIpc) is 3.00. The Kier molecular flexibility index (Phi) is 4.87. The van der Waals surface area contributed by atoms with Crippen molar-refractivity contribution in [2.45, 2.75) is 26.4 Å². The van der Waals surface area contributed by atoms with Crippen LogP contribution in [0.2, 0.25) is 0 Å². The molecule has 0 radical (unpaired) electrons. The van der Waals surface area contributed by atoms with Gasteiger partial charge in [0, 0.05) is 5.56 Å². The number of hydrogen-bond acceptors (Lipinski definition) is 4. The van der Waals surface area contributed by atoms with Crippen LogP contribution < -0.4 is 9.47 Å². The summed E-state index contributed by atoms with van der Waals surface area (Å²) in [5.41, 5.74) is 2.04. The number of methoxy groups -OCH3 is 1. The quantitative estimate of drug-likeness (QED) is 0.541. The molecule has 3 rings (SSSR count). The van der Waals surface area contributed by atoms with Gasteiger partial charge in [0.25, 0.3) is 0 Å². The van der Waals surface area contributed by atoms with Gasteiger partial charge in [-0.1, -0.05) is 19.1 Å². The zero-order valence-electron chi connectivity index (χ0n) is 13.3. The third-order valence-corrected chi connectivity index (χ3v) is 5.34. The van der Waals surface area contributed by atoms with Crippen molar-refractivity contribution < 1.29 is 9.47 Å². The van der Waals surface area contributed by atoms with E-state index in [1.807, 2.05) is 37.3 Å². The lowest BCUT2D eigenvalue weighted by Crippen LogP contribution is -2.11. The van der Waals surface area contributed by atoms with Gasteiger partial charge >= 0.3 is 0 Å². The molecule has 1 atom stereocenters. The number of benzene rings is 2. The van der Waals surface area contributed by atoms with Crippen molar-refractivity contribution in [2.24, 2.45) is 0 Å². The summed E-state index contributed by atoms with van der Waals surface area (Å²) in [6, 6.07) is 12.2. The number of thiazole rings is 1. The van der Waals surface area contributed by atoms with Crippen LogP contribution in [0, 0.1) is 0 Å². The minimum absolute atomic E-state index is 0.133. The Morgan fingerprint density at radius 3 is 2.74 bits per heavy atom. The smallest absolute Gasteiger partial charge is 0.175 e. The lowest BCUT2D eigenvalue weighted by Gasteiger charge is -2.17. The molecule has 0 aliphatic carbocycles. The highest BCUT2D eigenvalue weighted by Crippen LogP contribution is 2.41. The summed E-state index contributed by atoms with van der Waals surface area (Å²) >= 11 is 5.28. The van der Waals surface area contributed by atoms with Gasteiger partial charge in [-0.15, -0.1) is 11.3 Å². The fourth-order valence-corrected chi connectivity index (χ4v) is 3.73. The Balaban J connectivity index is 2.05. The highest BCUT2D eigenvalue weighted by molar-refractivity contribution is 9.10. The van der Waals surface area contributed by atoms with Crippen molar-refractivity contribution in [3.63, 3.8) is 0 Å². The van der Waals surface area contributed by atoms with Gasteiger partial charge in [-0.05, 0) is 53.5 Å². The van der Waals surface area contributed by atoms with Crippen molar-refractivity contribution >= 4 is 37.5 Å². The van der Waals surface area contributed by atoms with Crippen molar-refractivity contribution in [2.75, 3.05) is 7.11 Å². The third-order valence-electron chi connectivity index (χ3n) is 3.66. The van der Waals surface area contributed by atoms with Crippen LogP contribution in [-0.4, -0.2) is 18.2 Å². The molecule has 2 aromatic carbocycles. The minimum Gasteiger partial charge on any atom is -0.493 e. The molecule has 0 amide bonds. The maximum atomic E-state index is 5.98. The number of ether oxygens (including phenoxy) is 2. The molecule has 0 N–H and O–H groups in total. The molecule has 0 saturated heterocycles. The molecule has 0 spiro atoms. The van der Waals surface area contributed by atoms with E-state index in [0.717, 1.165) is 32.7 Å². The Hall–Kier alpha value is -1.59. The summed E-state index contributed by atoms with van der Waals surface area (Å²) in [6.45, 7) is 4.15. The number of para-hydroxylation sites is 1. The van der Waals surface area contributed by atoms with Crippen molar-refractivity contribution in [1.82, 2.24) is 4.98 Å². The summed E-state index contributed by atoms with van der Waals surface area (Å²) in [5, 5.41) is 0.972. The second-order valence-electron chi connectivity index (χ2n) is 5.31. The van der Waals surface area contributed by atoms with E-state index in [2.05, 4.69) is 28.9 Å². The van der Waals surface area contributed by atoms with E-state index in [0.29, 0.717) is 5.75 Å². The standard InChI is InChI=1S/C18H18BrNO2S/c1-4-11(2)22-17-13(19)9-12(10-15(17)21-3)18-20-14-7-5-6-8-16(14)23-18/h5-11H,4H2,1-3H3/t11-/m0/s1. The molecule has 23 heavy (non-hydrogen) atoms. The Morgan fingerprint density at radius 2 is 2.04 bits per heavy atom. The maximum Gasteiger partial charge on any atom is 0.175 e. The van der Waals surface area contributed by atoms with Gasteiger partial charge in [-0.25, -0.2) is 4.98 Å². The van der Waals surface area contributed by atoms with E-state index in [9.17, 15) is 0 Å². The van der Waals surface area contributed by atoms with E-state index in [-0.39, 0.29) is 6.10 Å². The summed E-state index contributed by atoms with van der Waals surface area (Å²) in [5.74, 6) is 1.46. The SMILES string of the molecule is CC[C@H](C)Oc1c(Br)cc(-c2nc3ccccc3s2)cc1OC.